The average Bonchev–Trinajstić information content (AvgIpc) is 2.62. The van der Waals surface area contributed by atoms with E-state index in [4.69, 9.17) is 0 Å². The van der Waals surface area contributed by atoms with E-state index in [0.29, 0.717) is 0 Å². The van der Waals surface area contributed by atoms with Gasteiger partial charge in [-0.2, -0.15) is 0 Å². The molecular formula is C18H14O7. The highest BCUT2D eigenvalue weighted by Gasteiger charge is 2.25. The predicted molar refractivity (Wildman–Crippen MR) is 84.4 cm³/mol. The number of hydrogen-bond donors (Lipinski definition) is 1. The van der Waals surface area contributed by atoms with E-state index < -0.39 is 36.4 Å². The Morgan fingerprint density at radius 2 is 1.20 bits per heavy atom. The molecule has 7 nitrogen and oxygen atoms in total. The van der Waals surface area contributed by atoms with Crippen LogP contribution in [0.2, 0.25) is 0 Å². The van der Waals surface area contributed by atoms with Gasteiger partial charge in [-0.1, -0.05) is 36.4 Å². The van der Waals surface area contributed by atoms with Crippen molar-refractivity contribution in [2.75, 3.05) is 0 Å². The van der Waals surface area contributed by atoms with Crippen molar-refractivity contribution < 1.29 is 33.8 Å². The SMILES string of the molecule is O=C(CC(O)C(=O)OC(=O)c1ccccc1)OC(=O)c1ccccc1. The van der Waals surface area contributed by atoms with E-state index in [1.165, 1.54) is 24.3 Å². The number of carbonyl (C=O) groups excluding carboxylic acids is 4. The molecule has 1 N–H and O–H groups in total. The number of hydrogen-bond acceptors (Lipinski definition) is 7. The first-order valence-corrected chi connectivity index (χ1v) is 7.26. The molecule has 0 aromatic heterocycles. The Morgan fingerprint density at radius 3 is 1.68 bits per heavy atom. The van der Waals surface area contributed by atoms with E-state index in [1.54, 1.807) is 36.4 Å². The van der Waals surface area contributed by atoms with Crippen LogP contribution in [0.5, 0.6) is 0 Å². The van der Waals surface area contributed by atoms with Crippen molar-refractivity contribution in [2.45, 2.75) is 12.5 Å². The summed E-state index contributed by atoms with van der Waals surface area (Å²) in [5, 5.41) is 9.63. The largest absolute Gasteiger partial charge is 0.389 e. The van der Waals surface area contributed by atoms with E-state index in [0.717, 1.165) is 0 Å². The van der Waals surface area contributed by atoms with Crippen LogP contribution in [0.3, 0.4) is 0 Å². The fraction of sp³-hybridized carbons (Fsp3) is 0.111. The quantitative estimate of drug-likeness (QED) is 0.648. The van der Waals surface area contributed by atoms with Crippen LogP contribution in [0, 0.1) is 0 Å². The van der Waals surface area contributed by atoms with Gasteiger partial charge in [-0.3, -0.25) is 4.79 Å². The number of ether oxygens (including phenoxy) is 2. The lowest BCUT2D eigenvalue weighted by molar-refractivity contribution is -0.153. The van der Waals surface area contributed by atoms with Crippen LogP contribution >= 0.6 is 0 Å². The third-order valence-corrected chi connectivity index (χ3v) is 3.05. The summed E-state index contributed by atoms with van der Waals surface area (Å²) in [6.07, 6.45) is -2.75. The van der Waals surface area contributed by atoms with E-state index in [-0.39, 0.29) is 11.1 Å². The fourth-order valence-electron chi connectivity index (χ4n) is 1.81. The van der Waals surface area contributed by atoms with Gasteiger partial charge in [0, 0.05) is 0 Å². The molecule has 1 atom stereocenters. The monoisotopic (exact) mass is 342 g/mol. The summed E-state index contributed by atoms with van der Waals surface area (Å²) in [4.78, 5) is 46.6. The van der Waals surface area contributed by atoms with Crippen molar-refractivity contribution in [3.63, 3.8) is 0 Å². The average molecular weight is 342 g/mol. The fourth-order valence-corrected chi connectivity index (χ4v) is 1.81. The summed E-state index contributed by atoms with van der Waals surface area (Å²) in [6.45, 7) is 0. The molecule has 0 radical (unpaired) electrons. The second kappa shape index (κ2) is 8.51. The molecule has 2 rings (SSSR count). The Bertz CT molecular complexity index is 769. The molecule has 2 aromatic carbocycles. The van der Waals surface area contributed by atoms with Gasteiger partial charge in [0.05, 0.1) is 17.5 Å². The highest BCUT2D eigenvalue weighted by Crippen LogP contribution is 2.06. The number of benzene rings is 2. The molecule has 2 aromatic rings. The number of esters is 4. The second-order valence-electron chi connectivity index (χ2n) is 4.92. The molecule has 25 heavy (non-hydrogen) atoms. The Balaban J connectivity index is 1.85. The van der Waals surface area contributed by atoms with Crippen LogP contribution in [0.1, 0.15) is 27.1 Å². The van der Waals surface area contributed by atoms with Crippen molar-refractivity contribution in [3.05, 3.63) is 71.8 Å². The molecule has 0 saturated carbocycles. The molecule has 0 saturated heterocycles. The first-order valence-electron chi connectivity index (χ1n) is 7.26. The Kier molecular flexibility index (Phi) is 6.14. The lowest BCUT2D eigenvalue weighted by Crippen LogP contribution is -2.29. The molecule has 1 unspecified atom stereocenters. The number of rotatable bonds is 5. The van der Waals surface area contributed by atoms with Gasteiger partial charge in [-0.25, -0.2) is 14.4 Å². The number of aliphatic hydroxyl groups excluding tert-OH is 1. The Hall–Kier alpha value is -3.32. The van der Waals surface area contributed by atoms with Crippen LogP contribution in [0.4, 0.5) is 0 Å². The molecule has 0 spiro atoms. The van der Waals surface area contributed by atoms with E-state index in [9.17, 15) is 24.3 Å². The zero-order valence-corrected chi connectivity index (χ0v) is 13.0. The van der Waals surface area contributed by atoms with Crippen LogP contribution in [0.15, 0.2) is 60.7 Å². The summed E-state index contributed by atoms with van der Waals surface area (Å²) < 4.78 is 8.98. The van der Waals surface area contributed by atoms with Gasteiger partial charge in [0.15, 0.2) is 6.10 Å². The van der Waals surface area contributed by atoms with Gasteiger partial charge in [0.25, 0.3) is 0 Å². The van der Waals surface area contributed by atoms with E-state index in [2.05, 4.69) is 9.47 Å². The number of aliphatic hydroxyl groups is 1. The summed E-state index contributed by atoms with van der Waals surface area (Å²) in [5.74, 6) is -4.30. The van der Waals surface area contributed by atoms with Gasteiger partial charge >= 0.3 is 23.9 Å². The predicted octanol–water partition coefficient (Wildman–Crippen LogP) is 1.50. The minimum Gasteiger partial charge on any atom is -0.389 e. The topological polar surface area (TPSA) is 107 Å². The standard InChI is InChI=1S/C18H14O7/c19-14(18(23)25-17(22)13-9-5-2-6-10-13)11-15(20)24-16(21)12-7-3-1-4-8-12/h1-10,14,19H,11H2. The minimum absolute atomic E-state index is 0.116. The Labute approximate surface area is 142 Å². The molecule has 0 fully saturated rings. The molecule has 0 aliphatic heterocycles. The lowest BCUT2D eigenvalue weighted by Gasteiger charge is -2.09. The molecule has 0 aliphatic carbocycles. The lowest BCUT2D eigenvalue weighted by atomic mass is 10.2. The smallest absolute Gasteiger partial charge is 0.345 e. The third-order valence-electron chi connectivity index (χ3n) is 3.05. The first kappa shape index (κ1) is 18.0. The second-order valence-corrected chi connectivity index (χ2v) is 4.92. The maximum absolute atomic E-state index is 11.7. The Morgan fingerprint density at radius 1 is 0.760 bits per heavy atom. The van der Waals surface area contributed by atoms with Gasteiger partial charge in [0.2, 0.25) is 0 Å². The number of carbonyl (C=O) groups is 4. The summed E-state index contributed by atoms with van der Waals surface area (Å²) in [7, 11) is 0. The zero-order valence-electron chi connectivity index (χ0n) is 13.0. The summed E-state index contributed by atoms with van der Waals surface area (Å²) >= 11 is 0. The van der Waals surface area contributed by atoms with Crippen LogP contribution < -0.4 is 0 Å². The normalized spacial score (nSPS) is 11.2. The summed E-state index contributed by atoms with van der Waals surface area (Å²) in [6, 6.07) is 15.4. The molecule has 0 aliphatic rings. The van der Waals surface area contributed by atoms with Crippen LogP contribution in [-0.4, -0.2) is 35.1 Å². The molecule has 7 heteroatoms. The van der Waals surface area contributed by atoms with Crippen molar-refractivity contribution in [1.82, 2.24) is 0 Å². The third kappa shape index (κ3) is 5.36. The van der Waals surface area contributed by atoms with Crippen molar-refractivity contribution in [1.29, 1.82) is 0 Å². The van der Waals surface area contributed by atoms with Crippen LogP contribution in [0.25, 0.3) is 0 Å². The molecule has 128 valence electrons. The maximum Gasteiger partial charge on any atom is 0.345 e. The van der Waals surface area contributed by atoms with Gasteiger partial charge in [0.1, 0.15) is 0 Å². The minimum atomic E-state index is -1.93. The molecule has 0 heterocycles. The van der Waals surface area contributed by atoms with Gasteiger partial charge in [-0.05, 0) is 24.3 Å². The van der Waals surface area contributed by atoms with Crippen molar-refractivity contribution in [3.8, 4) is 0 Å². The maximum atomic E-state index is 11.7. The van der Waals surface area contributed by atoms with E-state index >= 15 is 0 Å². The van der Waals surface area contributed by atoms with Crippen LogP contribution in [-0.2, 0) is 19.1 Å². The van der Waals surface area contributed by atoms with E-state index in [1.807, 2.05) is 0 Å². The summed E-state index contributed by atoms with van der Waals surface area (Å²) in [5.41, 5.74) is 0.261. The van der Waals surface area contributed by atoms with Crippen molar-refractivity contribution >= 4 is 23.9 Å². The van der Waals surface area contributed by atoms with Crippen molar-refractivity contribution in [2.24, 2.45) is 0 Å². The molecule has 0 bridgehead atoms. The molecule has 0 amide bonds. The first-order chi connectivity index (χ1) is 12.0. The highest BCUT2D eigenvalue weighted by molar-refractivity contribution is 6.00. The van der Waals surface area contributed by atoms with Gasteiger partial charge in [-0.15, -0.1) is 0 Å². The molecular weight excluding hydrogens is 328 g/mol. The highest BCUT2D eigenvalue weighted by atomic mass is 16.6. The zero-order chi connectivity index (χ0) is 18.2. The van der Waals surface area contributed by atoms with Gasteiger partial charge < -0.3 is 14.6 Å².